The molecule has 4 heteroatoms. The Hall–Kier alpha value is -1.81. The summed E-state index contributed by atoms with van der Waals surface area (Å²) in [6.45, 7) is 8.94. The molecule has 0 atom stereocenters. The number of benzene rings is 2. The van der Waals surface area contributed by atoms with Crippen LogP contribution in [0.3, 0.4) is 0 Å². The molecule has 128 valence electrons. The SMILES string of the molecule is CCc1cccc(C)c1NC(=O)c1ccc(OCC(C)C)c(Br)c1. The van der Waals surface area contributed by atoms with E-state index in [1.54, 1.807) is 12.1 Å². The van der Waals surface area contributed by atoms with Gasteiger partial charge >= 0.3 is 0 Å². The van der Waals surface area contributed by atoms with Gasteiger partial charge in [-0.15, -0.1) is 0 Å². The summed E-state index contributed by atoms with van der Waals surface area (Å²) in [5.74, 6) is 1.09. The molecule has 0 aliphatic rings. The minimum absolute atomic E-state index is 0.116. The highest BCUT2D eigenvalue weighted by Crippen LogP contribution is 2.28. The zero-order valence-corrected chi connectivity index (χ0v) is 16.2. The van der Waals surface area contributed by atoms with Crippen LogP contribution in [0, 0.1) is 12.8 Å². The number of halogens is 1. The number of aryl methyl sites for hydroxylation is 2. The summed E-state index contributed by atoms with van der Waals surface area (Å²) in [5, 5.41) is 3.04. The molecule has 1 amide bonds. The fourth-order valence-electron chi connectivity index (χ4n) is 2.40. The maximum atomic E-state index is 12.6. The first-order chi connectivity index (χ1) is 11.4. The van der Waals surface area contributed by atoms with E-state index in [0.29, 0.717) is 18.1 Å². The van der Waals surface area contributed by atoms with Crippen LogP contribution in [-0.4, -0.2) is 12.5 Å². The summed E-state index contributed by atoms with van der Waals surface area (Å²) in [6, 6.07) is 11.5. The predicted octanol–water partition coefficient (Wildman–Crippen LogP) is 5.61. The van der Waals surface area contributed by atoms with Crippen molar-refractivity contribution >= 4 is 27.5 Å². The average Bonchev–Trinajstić information content (AvgIpc) is 2.55. The number of anilines is 1. The number of hydrogen-bond acceptors (Lipinski definition) is 2. The van der Waals surface area contributed by atoms with Crippen LogP contribution in [0.2, 0.25) is 0 Å². The molecule has 0 heterocycles. The third-order valence-corrected chi connectivity index (χ3v) is 4.36. The van der Waals surface area contributed by atoms with Gasteiger partial charge in [0.2, 0.25) is 0 Å². The molecule has 0 bridgehead atoms. The molecule has 0 aromatic heterocycles. The second-order valence-electron chi connectivity index (χ2n) is 6.27. The third-order valence-electron chi connectivity index (χ3n) is 3.74. The Kier molecular flexibility index (Phi) is 6.44. The molecule has 2 aromatic carbocycles. The van der Waals surface area contributed by atoms with E-state index in [-0.39, 0.29) is 5.91 Å². The third kappa shape index (κ3) is 4.60. The molecule has 0 saturated heterocycles. The topological polar surface area (TPSA) is 38.3 Å². The molecule has 2 aromatic rings. The maximum absolute atomic E-state index is 12.6. The van der Waals surface area contributed by atoms with Crippen LogP contribution in [0.1, 0.15) is 42.3 Å². The van der Waals surface area contributed by atoms with Crippen LogP contribution >= 0.6 is 15.9 Å². The van der Waals surface area contributed by atoms with Crippen molar-refractivity contribution in [3.05, 3.63) is 57.6 Å². The van der Waals surface area contributed by atoms with Crippen LogP contribution < -0.4 is 10.1 Å². The summed E-state index contributed by atoms with van der Waals surface area (Å²) in [4.78, 5) is 12.6. The van der Waals surface area contributed by atoms with Gasteiger partial charge in [-0.1, -0.05) is 39.0 Å². The van der Waals surface area contributed by atoms with Gasteiger partial charge in [-0.05, 0) is 64.5 Å². The molecule has 0 aliphatic heterocycles. The van der Waals surface area contributed by atoms with Gasteiger partial charge in [-0.25, -0.2) is 0 Å². The van der Waals surface area contributed by atoms with Crippen molar-refractivity contribution in [1.82, 2.24) is 0 Å². The molecule has 0 aliphatic carbocycles. The van der Waals surface area contributed by atoms with E-state index in [1.165, 1.54) is 0 Å². The number of para-hydroxylation sites is 1. The molecule has 0 radical (unpaired) electrons. The minimum Gasteiger partial charge on any atom is -0.492 e. The first kappa shape index (κ1) is 18.5. The Balaban J connectivity index is 2.18. The minimum atomic E-state index is -0.116. The predicted molar refractivity (Wildman–Crippen MR) is 103 cm³/mol. The second-order valence-corrected chi connectivity index (χ2v) is 7.12. The highest BCUT2D eigenvalue weighted by atomic mass is 79.9. The molecule has 0 unspecified atom stereocenters. The Morgan fingerprint density at radius 3 is 2.62 bits per heavy atom. The van der Waals surface area contributed by atoms with Crippen molar-refractivity contribution in [3.63, 3.8) is 0 Å². The smallest absolute Gasteiger partial charge is 0.255 e. The molecule has 0 fully saturated rings. The van der Waals surface area contributed by atoms with Gasteiger partial charge < -0.3 is 10.1 Å². The number of carbonyl (C=O) groups is 1. The lowest BCUT2D eigenvalue weighted by Crippen LogP contribution is -2.14. The summed E-state index contributed by atoms with van der Waals surface area (Å²) < 4.78 is 6.52. The van der Waals surface area contributed by atoms with Crippen molar-refractivity contribution in [2.75, 3.05) is 11.9 Å². The number of amides is 1. The van der Waals surface area contributed by atoms with E-state index < -0.39 is 0 Å². The van der Waals surface area contributed by atoms with E-state index in [0.717, 1.165) is 33.5 Å². The highest BCUT2D eigenvalue weighted by molar-refractivity contribution is 9.10. The maximum Gasteiger partial charge on any atom is 0.255 e. The molecule has 1 N–H and O–H groups in total. The molecular weight excluding hydrogens is 366 g/mol. The van der Waals surface area contributed by atoms with Gasteiger partial charge in [-0.3, -0.25) is 4.79 Å². The van der Waals surface area contributed by atoms with E-state index in [9.17, 15) is 4.79 Å². The van der Waals surface area contributed by atoms with Crippen molar-refractivity contribution < 1.29 is 9.53 Å². The average molecular weight is 390 g/mol. The first-order valence-corrected chi connectivity index (χ1v) is 9.03. The van der Waals surface area contributed by atoms with Gasteiger partial charge in [0.1, 0.15) is 5.75 Å². The van der Waals surface area contributed by atoms with Crippen molar-refractivity contribution in [3.8, 4) is 5.75 Å². The second kappa shape index (κ2) is 8.34. The first-order valence-electron chi connectivity index (χ1n) is 8.24. The monoisotopic (exact) mass is 389 g/mol. The molecule has 0 spiro atoms. The Morgan fingerprint density at radius 1 is 1.25 bits per heavy atom. The van der Waals surface area contributed by atoms with Crippen LogP contribution in [0.25, 0.3) is 0 Å². The summed E-state index contributed by atoms with van der Waals surface area (Å²) >= 11 is 3.49. The lowest BCUT2D eigenvalue weighted by molar-refractivity contribution is 0.102. The number of hydrogen-bond donors (Lipinski definition) is 1. The Bertz CT molecular complexity index is 726. The summed E-state index contributed by atoms with van der Waals surface area (Å²) in [7, 11) is 0. The van der Waals surface area contributed by atoms with Gasteiger partial charge in [-0.2, -0.15) is 0 Å². The molecule has 3 nitrogen and oxygen atoms in total. The van der Waals surface area contributed by atoms with Crippen molar-refractivity contribution in [1.29, 1.82) is 0 Å². The Labute approximate surface area is 152 Å². The van der Waals surface area contributed by atoms with Gasteiger partial charge in [0.25, 0.3) is 5.91 Å². The standard InChI is InChI=1S/C20H24BrNO2/c1-5-15-8-6-7-14(4)19(15)22-20(23)16-9-10-18(17(21)11-16)24-12-13(2)3/h6-11,13H,5,12H2,1-4H3,(H,22,23). The van der Waals surface area contributed by atoms with E-state index in [1.807, 2.05) is 31.2 Å². The molecular formula is C20H24BrNO2. The zero-order valence-electron chi connectivity index (χ0n) is 14.7. The number of ether oxygens (including phenoxy) is 1. The lowest BCUT2D eigenvalue weighted by Gasteiger charge is -2.14. The summed E-state index contributed by atoms with van der Waals surface area (Å²) in [6.07, 6.45) is 0.878. The Morgan fingerprint density at radius 2 is 2.00 bits per heavy atom. The normalized spacial score (nSPS) is 10.8. The summed E-state index contributed by atoms with van der Waals surface area (Å²) in [5.41, 5.74) is 3.71. The molecule has 0 saturated carbocycles. The fourth-order valence-corrected chi connectivity index (χ4v) is 2.90. The van der Waals surface area contributed by atoms with Crippen LogP contribution in [0.15, 0.2) is 40.9 Å². The van der Waals surface area contributed by atoms with Crippen LogP contribution in [0.5, 0.6) is 5.75 Å². The van der Waals surface area contributed by atoms with Gasteiger partial charge in [0, 0.05) is 11.3 Å². The molecule has 24 heavy (non-hydrogen) atoms. The fraction of sp³-hybridized carbons (Fsp3) is 0.350. The quantitative estimate of drug-likeness (QED) is 0.697. The van der Waals surface area contributed by atoms with Crippen LogP contribution in [0.4, 0.5) is 5.69 Å². The number of nitrogens with one attached hydrogen (secondary N) is 1. The zero-order chi connectivity index (χ0) is 17.7. The van der Waals surface area contributed by atoms with Crippen LogP contribution in [-0.2, 0) is 6.42 Å². The lowest BCUT2D eigenvalue weighted by atomic mass is 10.1. The number of carbonyl (C=O) groups excluding carboxylic acids is 1. The van der Waals surface area contributed by atoms with E-state index in [2.05, 4.69) is 42.0 Å². The van der Waals surface area contributed by atoms with E-state index in [4.69, 9.17) is 4.74 Å². The van der Waals surface area contributed by atoms with Crippen molar-refractivity contribution in [2.24, 2.45) is 5.92 Å². The molecule has 2 rings (SSSR count). The number of rotatable bonds is 6. The van der Waals surface area contributed by atoms with E-state index >= 15 is 0 Å². The largest absolute Gasteiger partial charge is 0.492 e. The van der Waals surface area contributed by atoms with Gasteiger partial charge in [0.05, 0.1) is 11.1 Å². The highest BCUT2D eigenvalue weighted by Gasteiger charge is 2.13. The van der Waals surface area contributed by atoms with Gasteiger partial charge in [0.15, 0.2) is 0 Å². The van der Waals surface area contributed by atoms with Crippen molar-refractivity contribution in [2.45, 2.75) is 34.1 Å².